The van der Waals surface area contributed by atoms with Crippen LogP contribution in [-0.2, 0) is 6.54 Å². The van der Waals surface area contributed by atoms with E-state index in [1.54, 1.807) is 23.8 Å². The number of nitro benzene ring substituents is 1. The van der Waals surface area contributed by atoms with Crippen molar-refractivity contribution in [3.63, 3.8) is 0 Å². The van der Waals surface area contributed by atoms with Crippen LogP contribution in [0.1, 0.15) is 15.9 Å². The zero-order valence-electron chi connectivity index (χ0n) is 13.1. The first-order valence-electron chi connectivity index (χ1n) is 7.42. The molecule has 0 atom stereocenters. The lowest BCUT2D eigenvalue weighted by Crippen LogP contribution is -2.31. The van der Waals surface area contributed by atoms with E-state index in [0.717, 1.165) is 22.0 Å². The van der Waals surface area contributed by atoms with Crippen LogP contribution in [0.5, 0.6) is 5.75 Å². The highest BCUT2D eigenvalue weighted by atomic mass is 32.2. The molecular formula is C17H16N2O4S. The smallest absolute Gasteiger partial charge is 0.269 e. The van der Waals surface area contributed by atoms with E-state index in [0.29, 0.717) is 18.7 Å². The van der Waals surface area contributed by atoms with Gasteiger partial charge >= 0.3 is 0 Å². The summed E-state index contributed by atoms with van der Waals surface area (Å²) in [6, 6.07) is 11.6. The Morgan fingerprint density at radius 2 is 2.00 bits per heavy atom. The molecular weight excluding hydrogens is 328 g/mol. The highest BCUT2D eigenvalue weighted by Crippen LogP contribution is 2.31. The maximum Gasteiger partial charge on any atom is 0.269 e. The van der Waals surface area contributed by atoms with Gasteiger partial charge in [-0.1, -0.05) is 0 Å². The number of ether oxygens (including phenoxy) is 1. The highest BCUT2D eigenvalue weighted by molar-refractivity contribution is 7.99. The second kappa shape index (κ2) is 6.92. The van der Waals surface area contributed by atoms with E-state index in [2.05, 4.69) is 0 Å². The van der Waals surface area contributed by atoms with Gasteiger partial charge in [-0.25, -0.2) is 0 Å². The van der Waals surface area contributed by atoms with Crippen LogP contribution in [-0.4, -0.2) is 35.1 Å². The molecule has 124 valence electrons. The fourth-order valence-electron chi connectivity index (χ4n) is 2.58. The Bertz CT molecular complexity index is 777. The summed E-state index contributed by atoms with van der Waals surface area (Å²) in [7, 11) is 1.62. The zero-order valence-corrected chi connectivity index (χ0v) is 13.9. The predicted molar refractivity (Wildman–Crippen MR) is 91.6 cm³/mol. The van der Waals surface area contributed by atoms with Crippen molar-refractivity contribution in [3.8, 4) is 5.75 Å². The molecule has 1 heterocycles. The maximum absolute atomic E-state index is 12.7. The van der Waals surface area contributed by atoms with Crippen molar-refractivity contribution in [2.75, 3.05) is 19.4 Å². The molecule has 0 bridgehead atoms. The van der Waals surface area contributed by atoms with Gasteiger partial charge in [0, 0.05) is 41.4 Å². The molecule has 2 aromatic carbocycles. The summed E-state index contributed by atoms with van der Waals surface area (Å²) in [5.74, 6) is 1.44. The molecule has 1 aliphatic heterocycles. The van der Waals surface area contributed by atoms with Crippen LogP contribution < -0.4 is 4.74 Å². The zero-order chi connectivity index (χ0) is 17.1. The van der Waals surface area contributed by atoms with Crippen molar-refractivity contribution in [1.29, 1.82) is 0 Å². The van der Waals surface area contributed by atoms with E-state index >= 15 is 0 Å². The molecule has 0 fully saturated rings. The summed E-state index contributed by atoms with van der Waals surface area (Å²) in [4.78, 5) is 25.9. The van der Waals surface area contributed by atoms with E-state index in [9.17, 15) is 14.9 Å². The van der Waals surface area contributed by atoms with E-state index < -0.39 is 4.92 Å². The fourth-order valence-corrected chi connectivity index (χ4v) is 3.58. The summed E-state index contributed by atoms with van der Waals surface area (Å²) in [5, 5.41) is 10.7. The number of fused-ring (bicyclic) bond motifs is 1. The summed E-state index contributed by atoms with van der Waals surface area (Å²) in [6.07, 6.45) is 0. The van der Waals surface area contributed by atoms with Gasteiger partial charge in [0.2, 0.25) is 0 Å². The summed E-state index contributed by atoms with van der Waals surface area (Å²) in [5.41, 5.74) is 1.48. The third kappa shape index (κ3) is 3.35. The van der Waals surface area contributed by atoms with Crippen LogP contribution in [0.2, 0.25) is 0 Å². The lowest BCUT2D eigenvalue weighted by molar-refractivity contribution is -0.384. The second-order valence-corrected chi connectivity index (χ2v) is 6.49. The molecule has 0 aliphatic carbocycles. The first-order valence-corrected chi connectivity index (χ1v) is 8.40. The molecule has 0 saturated carbocycles. The molecule has 24 heavy (non-hydrogen) atoms. The van der Waals surface area contributed by atoms with Gasteiger partial charge in [0.05, 0.1) is 12.0 Å². The predicted octanol–water partition coefficient (Wildman–Crippen LogP) is 3.35. The van der Waals surface area contributed by atoms with Gasteiger partial charge in [-0.05, 0) is 35.9 Å². The lowest BCUT2D eigenvalue weighted by Gasteiger charge is -2.20. The third-order valence-corrected chi connectivity index (χ3v) is 4.96. The Hall–Kier alpha value is -2.54. The third-order valence-electron chi connectivity index (χ3n) is 3.86. The molecule has 1 amide bonds. The quantitative estimate of drug-likeness (QED) is 0.631. The summed E-state index contributed by atoms with van der Waals surface area (Å²) in [6.45, 7) is 1.12. The van der Waals surface area contributed by atoms with Crippen molar-refractivity contribution in [2.45, 2.75) is 11.4 Å². The van der Waals surface area contributed by atoms with Gasteiger partial charge in [0.25, 0.3) is 11.6 Å². The van der Waals surface area contributed by atoms with Gasteiger partial charge in [-0.15, -0.1) is 11.8 Å². The number of carbonyl (C=O) groups is 1. The number of carbonyl (C=O) groups excluding carboxylic acids is 1. The summed E-state index contributed by atoms with van der Waals surface area (Å²) < 4.78 is 5.26. The maximum atomic E-state index is 12.7. The molecule has 0 aromatic heterocycles. The molecule has 6 nitrogen and oxygen atoms in total. The van der Waals surface area contributed by atoms with E-state index in [4.69, 9.17) is 4.74 Å². The second-order valence-electron chi connectivity index (χ2n) is 5.35. The summed E-state index contributed by atoms with van der Waals surface area (Å²) >= 11 is 1.71. The fraction of sp³-hybridized carbons (Fsp3) is 0.235. The average Bonchev–Trinajstić information content (AvgIpc) is 2.82. The van der Waals surface area contributed by atoms with Crippen molar-refractivity contribution in [3.05, 3.63) is 63.7 Å². The molecule has 1 aliphatic rings. The number of hydrogen-bond donors (Lipinski definition) is 0. The molecule has 0 spiro atoms. The van der Waals surface area contributed by atoms with Crippen LogP contribution in [0.15, 0.2) is 47.4 Å². The number of nitro groups is 1. The molecule has 0 radical (unpaired) electrons. The van der Waals surface area contributed by atoms with Gasteiger partial charge in [0.15, 0.2) is 0 Å². The largest absolute Gasteiger partial charge is 0.497 e. The Kier molecular flexibility index (Phi) is 4.71. The minimum absolute atomic E-state index is 0.0203. The molecule has 0 N–H and O–H groups in total. The van der Waals surface area contributed by atoms with Gasteiger partial charge in [0.1, 0.15) is 5.75 Å². The van der Waals surface area contributed by atoms with E-state index in [1.807, 2.05) is 18.2 Å². The van der Waals surface area contributed by atoms with Gasteiger partial charge in [-0.2, -0.15) is 0 Å². The molecule has 3 rings (SSSR count). The molecule has 7 heteroatoms. The minimum atomic E-state index is -0.473. The van der Waals surface area contributed by atoms with E-state index in [1.165, 1.54) is 24.3 Å². The first-order chi connectivity index (χ1) is 11.6. The Morgan fingerprint density at radius 1 is 1.25 bits per heavy atom. The average molecular weight is 344 g/mol. The van der Waals surface area contributed by atoms with Crippen molar-refractivity contribution in [1.82, 2.24) is 4.90 Å². The van der Waals surface area contributed by atoms with Crippen LogP contribution in [0.25, 0.3) is 0 Å². The number of thioether (sulfide) groups is 1. The van der Waals surface area contributed by atoms with Gasteiger partial charge in [-0.3, -0.25) is 14.9 Å². The standard InChI is InChI=1S/C17H16N2O4S/c1-23-15-6-7-16-13(10-15)11-18(8-9-24-16)17(20)12-2-4-14(5-3-12)19(21)22/h2-7,10H,8-9,11H2,1H3. The number of methoxy groups -OCH3 is 1. The number of hydrogen-bond acceptors (Lipinski definition) is 5. The number of benzene rings is 2. The topological polar surface area (TPSA) is 72.7 Å². The first kappa shape index (κ1) is 16.3. The number of amides is 1. The minimum Gasteiger partial charge on any atom is -0.497 e. The Balaban J connectivity index is 1.83. The van der Waals surface area contributed by atoms with Crippen LogP contribution in [0.4, 0.5) is 5.69 Å². The Labute approximate surface area is 143 Å². The monoisotopic (exact) mass is 344 g/mol. The molecule has 0 unspecified atom stereocenters. The molecule has 0 saturated heterocycles. The molecule has 2 aromatic rings. The number of rotatable bonds is 3. The van der Waals surface area contributed by atoms with Crippen LogP contribution >= 0.6 is 11.8 Å². The van der Waals surface area contributed by atoms with Crippen LogP contribution in [0, 0.1) is 10.1 Å². The van der Waals surface area contributed by atoms with Gasteiger partial charge < -0.3 is 9.64 Å². The van der Waals surface area contributed by atoms with Crippen molar-refractivity contribution < 1.29 is 14.5 Å². The Morgan fingerprint density at radius 3 is 2.67 bits per heavy atom. The van der Waals surface area contributed by atoms with E-state index in [-0.39, 0.29) is 11.6 Å². The highest BCUT2D eigenvalue weighted by Gasteiger charge is 2.21. The normalized spacial score (nSPS) is 13.8. The number of non-ortho nitro benzene ring substituents is 1. The van der Waals surface area contributed by atoms with Crippen LogP contribution in [0.3, 0.4) is 0 Å². The van der Waals surface area contributed by atoms with Crippen molar-refractivity contribution >= 4 is 23.4 Å². The SMILES string of the molecule is COc1ccc2c(c1)CN(C(=O)c1ccc([N+](=O)[O-])cc1)CCS2. The van der Waals surface area contributed by atoms with Crippen molar-refractivity contribution in [2.24, 2.45) is 0 Å². The lowest BCUT2D eigenvalue weighted by atomic mass is 10.1. The number of nitrogens with zero attached hydrogens (tertiary/aromatic N) is 2.